The summed E-state index contributed by atoms with van der Waals surface area (Å²) >= 11 is 0. The smallest absolute Gasteiger partial charge is 0.224 e. The number of rotatable bonds is 2. The standard InChI is InChI=1S/C15H20N4/c1-11-7-9-19(10-8-11)14-12-5-3-4-6-13(12)17-15(16-2)18-14/h3-6,11H,7-10H2,1-2H3,(H,16,17,18). The van der Waals surface area contributed by atoms with Crippen molar-refractivity contribution in [3.8, 4) is 0 Å². The van der Waals surface area contributed by atoms with Gasteiger partial charge in [-0.05, 0) is 30.9 Å². The maximum atomic E-state index is 4.67. The molecule has 1 fully saturated rings. The number of hydrogen-bond donors (Lipinski definition) is 1. The van der Waals surface area contributed by atoms with Crippen LogP contribution >= 0.6 is 0 Å². The van der Waals surface area contributed by atoms with Crippen molar-refractivity contribution in [2.75, 3.05) is 30.4 Å². The summed E-state index contributed by atoms with van der Waals surface area (Å²) in [5, 5.41) is 4.21. The molecule has 1 aliphatic rings. The molecule has 0 bridgehead atoms. The number of fused-ring (bicyclic) bond motifs is 1. The van der Waals surface area contributed by atoms with Gasteiger partial charge in [0.15, 0.2) is 0 Å². The Labute approximate surface area is 113 Å². The Morgan fingerprint density at radius 2 is 1.89 bits per heavy atom. The predicted molar refractivity (Wildman–Crippen MR) is 79.7 cm³/mol. The number of aromatic nitrogens is 2. The average molecular weight is 256 g/mol. The van der Waals surface area contributed by atoms with E-state index in [4.69, 9.17) is 0 Å². The molecule has 100 valence electrons. The molecule has 0 saturated carbocycles. The zero-order valence-corrected chi connectivity index (χ0v) is 11.6. The van der Waals surface area contributed by atoms with Crippen LogP contribution in [0.15, 0.2) is 24.3 Å². The molecule has 1 aromatic carbocycles. The third-order valence-corrected chi connectivity index (χ3v) is 3.89. The minimum absolute atomic E-state index is 0.701. The van der Waals surface area contributed by atoms with Crippen LogP contribution in [-0.2, 0) is 0 Å². The lowest BCUT2D eigenvalue weighted by atomic mass is 9.99. The van der Waals surface area contributed by atoms with Crippen LogP contribution in [0.3, 0.4) is 0 Å². The third-order valence-electron chi connectivity index (χ3n) is 3.89. The van der Waals surface area contributed by atoms with E-state index in [1.165, 1.54) is 12.8 Å². The molecule has 1 aliphatic heterocycles. The van der Waals surface area contributed by atoms with Gasteiger partial charge >= 0.3 is 0 Å². The molecule has 0 spiro atoms. The molecule has 2 aromatic rings. The summed E-state index contributed by atoms with van der Waals surface area (Å²) in [5.74, 6) is 2.60. The monoisotopic (exact) mass is 256 g/mol. The topological polar surface area (TPSA) is 41.1 Å². The maximum Gasteiger partial charge on any atom is 0.224 e. The lowest BCUT2D eigenvalue weighted by molar-refractivity contribution is 0.437. The Hall–Kier alpha value is -1.84. The fourth-order valence-electron chi connectivity index (χ4n) is 2.63. The first kappa shape index (κ1) is 12.2. The molecule has 1 N–H and O–H groups in total. The van der Waals surface area contributed by atoms with E-state index in [0.29, 0.717) is 5.95 Å². The van der Waals surface area contributed by atoms with Gasteiger partial charge in [-0.2, -0.15) is 4.98 Å². The van der Waals surface area contributed by atoms with Gasteiger partial charge in [0, 0.05) is 25.5 Å². The van der Waals surface area contributed by atoms with Gasteiger partial charge in [0.25, 0.3) is 0 Å². The van der Waals surface area contributed by atoms with Gasteiger partial charge in [-0.1, -0.05) is 19.1 Å². The summed E-state index contributed by atoms with van der Waals surface area (Å²) in [7, 11) is 1.87. The van der Waals surface area contributed by atoms with Crippen molar-refractivity contribution in [2.24, 2.45) is 5.92 Å². The van der Waals surface area contributed by atoms with Crippen molar-refractivity contribution >= 4 is 22.7 Å². The molecule has 4 nitrogen and oxygen atoms in total. The number of benzene rings is 1. The lowest BCUT2D eigenvalue weighted by Gasteiger charge is -2.32. The largest absolute Gasteiger partial charge is 0.357 e. The van der Waals surface area contributed by atoms with Crippen LogP contribution in [0, 0.1) is 5.92 Å². The Morgan fingerprint density at radius 1 is 1.16 bits per heavy atom. The van der Waals surface area contributed by atoms with Crippen LogP contribution < -0.4 is 10.2 Å². The molecular formula is C15H20N4. The zero-order valence-electron chi connectivity index (χ0n) is 11.6. The number of nitrogens with one attached hydrogen (secondary N) is 1. The second-order valence-electron chi connectivity index (χ2n) is 5.31. The molecule has 2 heterocycles. The molecule has 0 radical (unpaired) electrons. The van der Waals surface area contributed by atoms with E-state index in [-0.39, 0.29) is 0 Å². The van der Waals surface area contributed by atoms with E-state index >= 15 is 0 Å². The van der Waals surface area contributed by atoms with E-state index < -0.39 is 0 Å². The first-order chi connectivity index (χ1) is 9.28. The van der Waals surface area contributed by atoms with Gasteiger partial charge in [0.1, 0.15) is 5.82 Å². The Morgan fingerprint density at radius 3 is 2.63 bits per heavy atom. The molecule has 0 aliphatic carbocycles. The summed E-state index contributed by atoms with van der Waals surface area (Å²) in [5.41, 5.74) is 1.01. The molecule has 1 saturated heterocycles. The Bertz CT molecular complexity index is 573. The Balaban J connectivity index is 2.05. The van der Waals surface area contributed by atoms with Crippen LogP contribution in [0.2, 0.25) is 0 Å². The van der Waals surface area contributed by atoms with E-state index in [1.54, 1.807) is 0 Å². The average Bonchev–Trinajstić information content (AvgIpc) is 2.47. The lowest BCUT2D eigenvalue weighted by Crippen LogP contribution is -2.33. The second kappa shape index (κ2) is 5.03. The molecule has 3 rings (SSSR count). The first-order valence-electron chi connectivity index (χ1n) is 6.97. The molecular weight excluding hydrogens is 236 g/mol. The van der Waals surface area contributed by atoms with Crippen molar-refractivity contribution in [3.05, 3.63) is 24.3 Å². The zero-order chi connectivity index (χ0) is 13.2. The van der Waals surface area contributed by atoms with E-state index in [9.17, 15) is 0 Å². The van der Waals surface area contributed by atoms with E-state index in [0.717, 1.165) is 35.7 Å². The number of para-hydroxylation sites is 1. The van der Waals surface area contributed by atoms with Crippen LogP contribution in [-0.4, -0.2) is 30.1 Å². The van der Waals surface area contributed by atoms with Crippen LogP contribution in [0.25, 0.3) is 10.9 Å². The second-order valence-corrected chi connectivity index (χ2v) is 5.31. The van der Waals surface area contributed by atoms with Gasteiger partial charge in [0.05, 0.1) is 5.52 Å². The highest BCUT2D eigenvalue weighted by Gasteiger charge is 2.19. The summed E-state index contributed by atoms with van der Waals surface area (Å²) in [4.78, 5) is 11.6. The minimum Gasteiger partial charge on any atom is -0.357 e. The summed E-state index contributed by atoms with van der Waals surface area (Å²) in [6.45, 7) is 4.51. The number of anilines is 2. The van der Waals surface area contributed by atoms with Crippen molar-refractivity contribution in [1.29, 1.82) is 0 Å². The predicted octanol–water partition coefficient (Wildman–Crippen LogP) is 2.91. The molecule has 19 heavy (non-hydrogen) atoms. The van der Waals surface area contributed by atoms with Crippen LogP contribution in [0.5, 0.6) is 0 Å². The van der Waals surface area contributed by atoms with Crippen molar-refractivity contribution in [3.63, 3.8) is 0 Å². The molecule has 4 heteroatoms. The first-order valence-corrected chi connectivity index (χ1v) is 6.97. The van der Waals surface area contributed by atoms with Crippen molar-refractivity contribution < 1.29 is 0 Å². The fourth-order valence-corrected chi connectivity index (χ4v) is 2.63. The summed E-state index contributed by atoms with van der Waals surface area (Å²) in [6, 6.07) is 8.24. The quantitative estimate of drug-likeness (QED) is 0.897. The highest BCUT2D eigenvalue weighted by Crippen LogP contribution is 2.28. The number of piperidine rings is 1. The number of hydrogen-bond acceptors (Lipinski definition) is 4. The molecule has 0 amide bonds. The highest BCUT2D eigenvalue weighted by molar-refractivity contribution is 5.90. The van der Waals surface area contributed by atoms with Gasteiger partial charge in [-0.3, -0.25) is 0 Å². The van der Waals surface area contributed by atoms with Crippen molar-refractivity contribution in [1.82, 2.24) is 9.97 Å². The van der Waals surface area contributed by atoms with Crippen molar-refractivity contribution in [2.45, 2.75) is 19.8 Å². The van der Waals surface area contributed by atoms with Crippen LogP contribution in [0.4, 0.5) is 11.8 Å². The molecule has 0 atom stereocenters. The van der Waals surface area contributed by atoms with Gasteiger partial charge in [0.2, 0.25) is 5.95 Å². The van der Waals surface area contributed by atoms with Gasteiger partial charge in [-0.25, -0.2) is 4.98 Å². The van der Waals surface area contributed by atoms with E-state index in [2.05, 4.69) is 39.2 Å². The van der Waals surface area contributed by atoms with Gasteiger partial charge < -0.3 is 10.2 Å². The normalized spacial score (nSPS) is 16.8. The SMILES string of the molecule is CNc1nc(N2CCC(C)CC2)c2ccccc2n1. The third kappa shape index (κ3) is 2.35. The maximum absolute atomic E-state index is 4.67. The summed E-state index contributed by atoms with van der Waals surface area (Å²) in [6.07, 6.45) is 2.49. The fraction of sp³-hybridized carbons (Fsp3) is 0.467. The van der Waals surface area contributed by atoms with Gasteiger partial charge in [-0.15, -0.1) is 0 Å². The van der Waals surface area contributed by atoms with Crippen LogP contribution in [0.1, 0.15) is 19.8 Å². The highest BCUT2D eigenvalue weighted by atomic mass is 15.2. The minimum atomic E-state index is 0.701. The summed E-state index contributed by atoms with van der Waals surface area (Å²) < 4.78 is 0. The number of nitrogens with zero attached hydrogens (tertiary/aromatic N) is 3. The van der Waals surface area contributed by atoms with E-state index in [1.807, 2.05) is 19.2 Å². The molecule has 0 unspecified atom stereocenters. The Kier molecular flexibility index (Phi) is 3.23. The molecule has 1 aromatic heterocycles.